The minimum atomic E-state index is 0. The Labute approximate surface area is 179 Å². The van der Waals surface area contributed by atoms with Crippen LogP contribution >= 0.6 is 36.4 Å². The average molecular weight is 430 g/mol. The van der Waals surface area contributed by atoms with E-state index in [4.69, 9.17) is 16.3 Å². The van der Waals surface area contributed by atoms with Crippen molar-refractivity contribution in [2.75, 3.05) is 19.7 Å². The van der Waals surface area contributed by atoms with Crippen molar-refractivity contribution in [1.82, 2.24) is 10.2 Å². The van der Waals surface area contributed by atoms with Crippen LogP contribution in [-0.4, -0.2) is 36.7 Å². The predicted molar refractivity (Wildman–Crippen MR) is 117 cm³/mol. The Morgan fingerprint density at radius 1 is 1.00 bits per heavy atom. The zero-order valence-electron chi connectivity index (χ0n) is 15.3. The van der Waals surface area contributed by atoms with Crippen molar-refractivity contribution in [2.45, 2.75) is 37.9 Å². The Balaban J connectivity index is 0.00000131. The summed E-state index contributed by atoms with van der Waals surface area (Å²) in [6, 6.07) is 17.7. The van der Waals surface area contributed by atoms with E-state index in [1.165, 1.54) is 24.0 Å². The van der Waals surface area contributed by atoms with Crippen molar-refractivity contribution in [3.05, 3.63) is 64.7 Å². The maximum atomic E-state index is 6.19. The first-order chi connectivity index (χ1) is 12.3. The molecule has 0 bridgehead atoms. The molecule has 148 valence electrons. The van der Waals surface area contributed by atoms with Gasteiger partial charge in [0.1, 0.15) is 12.4 Å². The van der Waals surface area contributed by atoms with E-state index in [1.54, 1.807) is 0 Å². The molecule has 2 aromatic rings. The van der Waals surface area contributed by atoms with Crippen LogP contribution in [0.1, 0.15) is 24.0 Å². The van der Waals surface area contributed by atoms with Crippen LogP contribution in [0, 0.1) is 0 Å². The molecule has 1 unspecified atom stereocenters. The van der Waals surface area contributed by atoms with Crippen molar-refractivity contribution in [1.29, 1.82) is 0 Å². The highest BCUT2D eigenvalue weighted by atomic mass is 35.5. The summed E-state index contributed by atoms with van der Waals surface area (Å²) in [5.41, 5.74) is 2.63. The zero-order chi connectivity index (χ0) is 17.1. The minimum Gasteiger partial charge on any atom is -0.492 e. The lowest BCUT2D eigenvalue weighted by atomic mass is 9.98. The Hall–Kier alpha value is -0.970. The molecule has 0 amide bonds. The topological polar surface area (TPSA) is 24.5 Å². The molecule has 27 heavy (non-hydrogen) atoms. The number of para-hydroxylation sites is 1. The molecular weight excluding hydrogens is 403 g/mol. The van der Waals surface area contributed by atoms with E-state index in [0.29, 0.717) is 12.1 Å². The van der Waals surface area contributed by atoms with Crippen molar-refractivity contribution in [2.24, 2.45) is 0 Å². The molecule has 4 rings (SSSR count). The van der Waals surface area contributed by atoms with E-state index in [0.717, 1.165) is 43.4 Å². The molecular formula is C21H27Cl3N2O. The van der Waals surface area contributed by atoms with E-state index in [2.05, 4.69) is 46.6 Å². The summed E-state index contributed by atoms with van der Waals surface area (Å²) in [6.45, 7) is 3.93. The molecule has 6 heteroatoms. The Morgan fingerprint density at radius 2 is 1.70 bits per heavy atom. The Kier molecular flexibility index (Phi) is 8.71. The van der Waals surface area contributed by atoms with Crippen LogP contribution in [0.4, 0.5) is 0 Å². The molecule has 2 aliphatic heterocycles. The number of fused-ring (bicyclic) bond motifs is 1. The number of piperidine rings is 1. The molecule has 0 aromatic heterocycles. The van der Waals surface area contributed by atoms with E-state index in [-0.39, 0.29) is 24.8 Å². The third kappa shape index (κ3) is 5.52. The van der Waals surface area contributed by atoms with Gasteiger partial charge >= 0.3 is 0 Å². The van der Waals surface area contributed by atoms with E-state index >= 15 is 0 Å². The first kappa shape index (κ1) is 22.3. The molecule has 1 N–H and O–H groups in total. The molecule has 0 saturated carbocycles. The first-order valence-electron chi connectivity index (χ1n) is 9.21. The summed E-state index contributed by atoms with van der Waals surface area (Å²) in [4.78, 5) is 2.68. The molecule has 1 atom stereocenters. The van der Waals surface area contributed by atoms with E-state index in [9.17, 15) is 0 Å². The summed E-state index contributed by atoms with van der Waals surface area (Å²) >= 11 is 6.05. The molecule has 0 aliphatic carbocycles. The van der Waals surface area contributed by atoms with Gasteiger partial charge in [0.25, 0.3) is 0 Å². The number of halogens is 3. The number of nitrogens with zero attached hydrogens (tertiary/aromatic N) is 1. The molecule has 1 saturated heterocycles. The van der Waals surface area contributed by atoms with Crippen molar-refractivity contribution in [3.63, 3.8) is 0 Å². The summed E-state index contributed by atoms with van der Waals surface area (Å²) in [7, 11) is 0. The SMILES string of the molecule is Cl.Cl.Clc1ccc(CC2COc3ccccc3CN2C2CCNCC2)cc1. The van der Waals surface area contributed by atoms with Gasteiger partial charge in [-0.2, -0.15) is 0 Å². The highest BCUT2D eigenvalue weighted by Gasteiger charge is 2.31. The molecule has 2 aliphatic rings. The fourth-order valence-electron chi connectivity index (χ4n) is 4.02. The summed E-state index contributed by atoms with van der Waals surface area (Å²) in [5.74, 6) is 1.04. The van der Waals surface area contributed by atoms with Crippen molar-refractivity contribution < 1.29 is 4.74 Å². The van der Waals surface area contributed by atoms with E-state index in [1.807, 2.05) is 12.1 Å². The molecule has 1 fully saturated rings. The number of hydrogen-bond acceptors (Lipinski definition) is 3. The van der Waals surface area contributed by atoms with Gasteiger partial charge in [-0.25, -0.2) is 0 Å². The lowest BCUT2D eigenvalue weighted by Crippen LogP contribution is -2.49. The van der Waals surface area contributed by atoms with Gasteiger partial charge in [-0.15, -0.1) is 24.8 Å². The Bertz CT molecular complexity index is 705. The number of nitrogens with one attached hydrogen (secondary N) is 1. The van der Waals surface area contributed by atoms with Crippen LogP contribution in [0.5, 0.6) is 5.75 Å². The molecule has 0 spiro atoms. The van der Waals surface area contributed by atoms with Crippen LogP contribution in [0.25, 0.3) is 0 Å². The lowest BCUT2D eigenvalue weighted by molar-refractivity contribution is 0.0800. The highest BCUT2D eigenvalue weighted by Crippen LogP contribution is 2.29. The maximum Gasteiger partial charge on any atom is 0.123 e. The van der Waals surface area contributed by atoms with Gasteiger partial charge in [0.05, 0.1) is 0 Å². The molecule has 2 heterocycles. The average Bonchev–Trinajstić information content (AvgIpc) is 2.84. The van der Waals surface area contributed by atoms with Gasteiger partial charge in [-0.05, 0) is 56.1 Å². The van der Waals surface area contributed by atoms with Gasteiger partial charge in [0.2, 0.25) is 0 Å². The van der Waals surface area contributed by atoms with Crippen molar-refractivity contribution in [3.8, 4) is 5.75 Å². The number of hydrogen-bond donors (Lipinski definition) is 1. The third-order valence-electron chi connectivity index (χ3n) is 5.39. The van der Waals surface area contributed by atoms with Gasteiger partial charge < -0.3 is 10.1 Å². The molecule has 3 nitrogen and oxygen atoms in total. The van der Waals surface area contributed by atoms with Gasteiger partial charge in [-0.1, -0.05) is 41.9 Å². The minimum absolute atomic E-state index is 0. The second kappa shape index (κ2) is 10.5. The number of ether oxygens (including phenoxy) is 1. The lowest BCUT2D eigenvalue weighted by Gasteiger charge is -2.38. The number of rotatable bonds is 3. The first-order valence-corrected chi connectivity index (χ1v) is 9.59. The summed E-state index contributed by atoms with van der Waals surface area (Å²) in [6.07, 6.45) is 3.41. The fraction of sp³-hybridized carbons (Fsp3) is 0.429. The van der Waals surface area contributed by atoms with Crippen LogP contribution < -0.4 is 10.1 Å². The maximum absolute atomic E-state index is 6.19. The quantitative estimate of drug-likeness (QED) is 0.762. The van der Waals surface area contributed by atoms with Gasteiger partial charge in [-0.3, -0.25) is 4.90 Å². The van der Waals surface area contributed by atoms with Gasteiger partial charge in [0, 0.05) is 29.2 Å². The predicted octanol–water partition coefficient (Wildman–Crippen LogP) is 4.74. The standard InChI is InChI=1S/C21H25ClN2O.2ClH/c22-18-7-5-16(6-8-18)13-20-15-25-21-4-2-1-3-17(21)14-24(20)19-9-11-23-12-10-19;;/h1-8,19-20,23H,9-15H2;2*1H. The fourth-order valence-corrected chi connectivity index (χ4v) is 4.14. The van der Waals surface area contributed by atoms with Gasteiger partial charge in [0.15, 0.2) is 0 Å². The summed E-state index contributed by atoms with van der Waals surface area (Å²) in [5, 5.41) is 4.28. The summed E-state index contributed by atoms with van der Waals surface area (Å²) < 4.78 is 6.19. The smallest absolute Gasteiger partial charge is 0.123 e. The largest absolute Gasteiger partial charge is 0.492 e. The molecule has 2 aromatic carbocycles. The zero-order valence-corrected chi connectivity index (χ0v) is 17.7. The third-order valence-corrected chi connectivity index (χ3v) is 5.64. The van der Waals surface area contributed by atoms with Crippen LogP contribution in [-0.2, 0) is 13.0 Å². The van der Waals surface area contributed by atoms with Crippen LogP contribution in [0.15, 0.2) is 48.5 Å². The number of benzene rings is 2. The van der Waals surface area contributed by atoms with E-state index < -0.39 is 0 Å². The monoisotopic (exact) mass is 428 g/mol. The Morgan fingerprint density at radius 3 is 2.44 bits per heavy atom. The van der Waals surface area contributed by atoms with Crippen LogP contribution in [0.2, 0.25) is 5.02 Å². The molecule has 0 radical (unpaired) electrons. The normalized spacial score (nSPS) is 20.4. The van der Waals surface area contributed by atoms with Crippen molar-refractivity contribution >= 4 is 36.4 Å². The highest BCUT2D eigenvalue weighted by molar-refractivity contribution is 6.30. The second-order valence-electron chi connectivity index (χ2n) is 7.06. The van der Waals surface area contributed by atoms with Crippen LogP contribution in [0.3, 0.4) is 0 Å². The second-order valence-corrected chi connectivity index (χ2v) is 7.49.